The molecule has 2 aromatic heterocycles. The first kappa shape index (κ1) is 10.9. The van der Waals surface area contributed by atoms with Crippen LogP contribution in [0.25, 0.3) is 11.5 Å². The van der Waals surface area contributed by atoms with Crippen LogP contribution in [0.1, 0.15) is 37.5 Å². The number of rotatable bonds is 4. The highest BCUT2D eigenvalue weighted by Gasteiger charge is 2.15. The van der Waals surface area contributed by atoms with E-state index >= 15 is 0 Å². The number of hydrogen-bond donors (Lipinski definition) is 1. The van der Waals surface area contributed by atoms with Crippen molar-refractivity contribution in [2.24, 2.45) is 0 Å². The molecule has 0 bridgehead atoms. The maximum Gasteiger partial charge on any atom is 0.223 e. The first-order valence-corrected chi connectivity index (χ1v) is 5.28. The van der Waals surface area contributed by atoms with Gasteiger partial charge in [0.15, 0.2) is 11.5 Å². The van der Waals surface area contributed by atoms with Gasteiger partial charge >= 0.3 is 0 Å². The first-order chi connectivity index (χ1) is 7.70. The van der Waals surface area contributed by atoms with Gasteiger partial charge in [0, 0.05) is 6.07 Å². The molecule has 5 nitrogen and oxygen atoms in total. The highest BCUT2D eigenvalue weighted by atomic mass is 16.5. The summed E-state index contributed by atoms with van der Waals surface area (Å²) in [4.78, 5) is 4.02. The summed E-state index contributed by atoms with van der Waals surface area (Å²) in [5.41, 5.74) is 0.597. The average molecular weight is 222 g/mol. The van der Waals surface area contributed by atoms with Gasteiger partial charge < -0.3 is 14.0 Å². The normalized spacial score (nSPS) is 12.9. The Bertz CT molecular complexity index is 461. The molecule has 0 amide bonds. The minimum atomic E-state index is -0.647. The van der Waals surface area contributed by atoms with Crippen LogP contribution in [0.5, 0.6) is 0 Å². The minimum Gasteiger partial charge on any atom is -0.436 e. The zero-order valence-electron chi connectivity index (χ0n) is 9.30. The standard InChI is InChI=1S/C11H14N2O3/c1-3-4-9(14)11-12-6-10(15-11)8-5-7(2)16-13-8/h5-6,9,14H,3-4H2,1-2H3/t9-/m0/s1. The largest absolute Gasteiger partial charge is 0.436 e. The molecule has 0 saturated heterocycles. The van der Waals surface area contributed by atoms with Crippen LogP contribution in [0.3, 0.4) is 0 Å². The third-order valence-electron chi connectivity index (χ3n) is 2.25. The molecule has 5 heteroatoms. The van der Waals surface area contributed by atoms with Crippen LogP contribution in [0.4, 0.5) is 0 Å². The molecular formula is C11H14N2O3. The molecule has 2 aromatic rings. The number of oxazole rings is 1. The van der Waals surface area contributed by atoms with E-state index in [9.17, 15) is 5.11 Å². The Morgan fingerprint density at radius 3 is 2.94 bits per heavy atom. The van der Waals surface area contributed by atoms with Crippen LogP contribution < -0.4 is 0 Å². The van der Waals surface area contributed by atoms with E-state index < -0.39 is 6.10 Å². The molecule has 16 heavy (non-hydrogen) atoms. The molecule has 0 saturated carbocycles. The molecule has 0 fully saturated rings. The van der Waals surface area contributed by atoms with Crippen molar-refractivity contribution in [3.63, 3.8) is 0 Å². The number of hydrogen-bond acceptors (Lipinski definition) is 5. The summed E-state index contributed by atoms with van der Waals surface area (Å²) >= 11 is 0. The van der Waals surface area contributed by atoms with Gasteiger partial charge in [-0.15, -0.1) is 0 Å². The van der Waals surface area contributed by atoms with E-state index in [-0.39, 0.29) is 0 Å². The Balaban J connectivity index is 2.19. The van der Waals surface area contributed by atoms with E-state index in [1.165, 1.54) is 0 Å². The summed E-state index contributed by atoms with van der Waals surface area (Å²) in [6, 6.07) is 1.76. The second kappa shape index (κ2) is 4.49. The molecular weight excluding hydrogens is 208 g/mol. The fourth-order valence-corrected chi connectivity index (χ4v) is 1.44. The molecule has 0 aromatic carbocycles. The molecule has 0 spiro atoms. The summed E-state index contributed by atoms with van der Waals surface area (Å²) in [5.74, 6) is 1.56. The van der Waals surface area contributed by atoms with E-state index in [2.05, 4.69) is 10.1 Å². The highest BCUT2D eigenvalue weighted by molar-refractivity contribution is 5.49. The van der Waals surface area contributed by atoms with Gasteiger partial charge in [-0.2, -0.15) is 0 Å². The predicted molar refractivity (Wildman–Crippen MR) is 56.6 cm³/mol. The maximum absolute atomic E-state index is 9.69. The van der Waals surface area contributed by atoms with Crippen molar-refractivity contribution in [3.8, 4) is 11.5 Å². The topological polar surface area (TPSA) is 72.3 Å². The average Bonchev–Trinajstić information content (AvgIpc) is 2.85. The Morgan fingerprint density at radius 1 is 1.50 bits per heavy atom. The van der Waals surface area contributed by atoms with E-state index in [0.29, 0.717) is 29.5 Å². The molecule has 0 radical (unpaired) electrons. The predicted octanol–water partition coefficient (Wildman–Crippen LogP) is 2.47. The molecule has 0 aliphatic carbocycles. The SMILES string of the molecule is CCC[C@H](O)c1ncc(-c2cc(C)on2)o1. The number of aliphatic hydroxyl groups excluding tert-OH is 1. The molecule has 0 aliphatic rings. The van der Waals surface area contributed by atoms with Crippen LogP contribution in [0, 0.1) is 6.92 Å². The summed E-state index contributed by atoms with van der Waals surface area (Å²) in [6.07, 6.45) is 2.41. The molecule has 0 unspecified atom stereocenters. The van der Waals surface area contributed by atoms with Gasteiger partial charge in [0.25, 0.3) is 0 Å². The van der Waals surface area contributed by atoms with Gasteiger partial charge in [0.05, 0.1) is 6.20 Å². The highest BCUT2D eigenvalue weighted by Crippen LogP contribution is 2.24. The molecule has 0 aliphatic heterocycles. The summed E-state index contributed by atoms with van der Waals surface area (Å²) in [7, 11) is 0. The molecule has 2 rings (SSSR count). The van der Waals surface area contributed by atoms with Crippen molar-refractivity contribution in [1.82, 2.24) is 10.1 Å². The Labute approximate surface area is 93.1 Å². The van der Waals surface area contributed by atoms with Crippen LogP contribution >= 0.6 is 0 Å². The molecule has 1 N–H and O–H groups in total. The van der Waals surface area contributed by atoms with Crippen molar-refractivity contribution < 1.29 is 14.0 Å². The fraction of sp³-hybridized carbons (Fsp3) is 0.455. The van der Waals surface area contributed by atoms with Gasteiger partial charge in [0.2, 0.25) is 5.89 Å². The van der Waals surface area contributed by atoms with E-state index in [1.54, 1.807) is 19.2 Å². The smallest absolute Gasteiger partial charge is 0.223 e. The first-order valence-electron chi connectivity index (χ1n) is 5.28. The summed E-state index contributed by atoms with van der Waals surface area (Å²) < 4.78 is 10.3. The fourth-order valence-electron chi connectivity index (χ4n) is 1.44. The van der Waals surface area contributed by atoms with Gasteiger partial charge in [-0.25, -0.2) is 4.98 Å². The monoisotopic (exact) mass is 222 g/mol. The number of aryl methyl sites for hydroxylation is 1. The van der Waals surface area contributed by atoms with Gasteiger partial charge in [-0.05, 0) is 13.3 Å². The lowest BCUT2D eigenvalue weighted by atomic mass is 10.2. The third-order valence-corrected chi connectivity index (χ3v) is 2.25. The lowest BCUT2D eigenvalue weighted by Gasteiger charge is -2.02. The van der Waals surface area contributed by atoms with Gasteiger partial charge in [0.1, 0.15) is 11.9 Å². The minimum absolute atomic E-state index is 0.331. The van der Waals surface area contributed by atoms with Gasteiger partial charge in [-0.3, -0.25) is 0 Å². The Kier molecular flexibility index (Phi) is 3.05. The number of aromatic nitrogens is 2. The van der Waals surface area contributed by atoms with E-state index in [4.69, 9.17) is 8.94 Å². The van der Waals surface area contributed by atoms with E-state index in [0.717, 1.165) is 6.42 Å². The zero-order chi connectivity index (χ0) is 11.5. The lowest BCUT2D eigenvalue weighted by molar-refractivity contribution is 0.134. The van der Waals surface area contributed by atoms with Crippen molar-refractivity contribution in [1.29, 1.82) is 0 Å². The Morgan fingerprint density at radius 2 is 2.31 bits per heavy atom. The maximum atomic E-state index is 9.69. The van der Waals surface area contributed by atoms with Gasteiger partial charge in [-0.1, -0.05) is 18.5 Å². The molecule has 86 valence electrons. The second-order valence-corrected chi connectivity index (χ2v) is 3.69. The van der Waals surface area contributed by atoms with Crippen LogP contribution in [-0.4, -0.2) is 15.2 Å². The summed E-state index contributed by atoms with van der Waals surface area (Å²) in [6.45, 7) is 3.80. The quantitative estimate of drug-likeness (QED) is 0.860. The summed E-state index contributed by atoms with van der Waals surface area (Å²) in [5, 5.41) is 13.5. The van der Waals surface area contributed by atoms with Crippen LogP contribution in [0.15, 0.2) is 21.2 Å². The number of nitrogens with zero attached hydrogens (tertiary/aromatic N) is 2. The molecule has 1 atom stereocenters. The molecule has 2 heterocycles. The Hall–Kier alpha value is -1.62. The van der Waals surface area contributed by atoms with Crippen LogP contribution in [-0.2, 0) is 0 Å². The van der Waals surface area contributed by atoms with Crippen molar-refractivity contribution in [2.75, 3.05) is 0 Å². The third kappa shape index (κ3) is 2.14. The van der Waals surface area contributed by atoms with Crippen molar-refractivity contribution >= 4 is 0 Å². The second-order valence-electron chi connectivity index (χ2n) is 3.69. The van der Waals surface area contributed by atoms with Crippen LogP contribution in [0.2, 0.25) is 0 Å². The van der Waals surface area contributed by atoms with Crippen molar-refractivity contribution in [3.05, 3.63) is 23.9 Å². The zero-order valence-corrected chi connectivity index (χ0v) is 9.30. The van der Waals surface area contributed by atoms with E-state index in [1.807, 2.05) is 6.92 Å². The van der Waals surface area contributed by atoms with Crippen molar-refractivity contribution in [2.45, 2.75) is 32.8 Å². The number of aliphatic hydroxyl groups is 1. The lowest BCUT2D eigenvalue weighted by Crippen LogP contribution is -1.95.